The molecule has 0 saturated heterocycles. The Kier molecular flexibility index (Phi) is 4.22. The predicted molar refractivity (Wildman–Crippen MR) is 81.8 cm³/mol. The number of halogens is 2. The fraction of sp³-hybridized carbons (Fsp3) is 0.0625. The van der Waals surface area contributed by atoms with Crippen molar-refractivity contribution in [2.75, 3.05) is 0 Å². The molecule has 0 saturated carbocycles. The lowest BCUT2D eigenvalue weighted by Crippen LogP contribution is -2.05. The molecule has 3 rings (SSSR count). The Morgan fingerprint density at radius 2 is 2.09 bits per heavy atom. The molecule has 3 aromatic rings. The van der Waals surface area contributed by atoms with Crippen LogP contribution in [-0.2, 0) is 6.61 Å². The zero-order valence-electron chi connectivity index (χ0n) is 11.8. The van der Waals surface area contributed by atoms with Crippen molar-refractivity contribution in [1.29, 1.82) is 5.26 Å². The third-order valence-electron chi connectivity index (χ3n) is 3.07. The molecule has 2 aromatic heterocycles. The smallest absolute Gasteiger partial charge is 0.218 e. The average Bonchev–Trinajstić information content (AvgIpc) is 3.04. The van der Waals surface area contributed by atoms with Crippen LogP contribution in [-0.4, -0.2) is 14.8 Å². The summed E-state index contributed by atoms with van der Waals surface area (Å²) in [5.41, 5.74) is 1.20. The van der Waals surface area contributed by atoms with Gasteiger partial charge in [0.1, 0.15) is 12.4 Å². The molecule has 0 N–H and O–H groups in total. The third kappa shape index (κ3) is 3.30. The summed E-state index contributed by atoms with van der Waals surface area (Å²) in [5.74, 6) is 0.451. The van der Waals surface area contributed by atoms with Crippen LogP contribution in [0.5, 0.6) is 5.88 Å². The molecular weight excluding hydrogens is 319 g/mol. The van der Waals surface area contributed by atoms with Crippen molar-refractivity contribution in [1.82, 2.24) is 14.8 Å². The van der Waals surface area contributed by atoms with Crippen LogP contribution >= 0.6 is 11.6 Å². The number of hydrogen-bond donors (Lipinski definition) is 0. The Morgan fingerprint density at radius 3 is 2.87 bits per heavy atom. The Labute approximate surface area is 136 Å². The lowest BCUT2D eigenvalue weighted by Gasteiger charge is -2.09. The highest BCUT2D eigenvalue weighted by molar-refractivity contribution is 6.30. The van der Waals surface area contributed by atoms with Gasteiger partial charge in [-0.05, 0) is 23.8 Å². The van der Waals surface area contributed by atoms with E-state index in [0.29, 0.717) is 17.3 Å². The molecule has 2 heterocycles. The Hall–Kier alpha value is -2.91. The molecule has 0 bridgehead atoms. The summed E-state index contributed by atoms with van der Waals surface area (Å²) in [6.45, 7) is 0.198. The number of hydrogen-bond acceptors (Lipinski definition) is 4. The van der Waals surface area contributed by atoms with E-state index >= 15 is 0 Å². The number of aromatic nitrogens is 3. The van der Waals surface area contributed by atoms with Crippen LogP contribution in [0.1, 0.15) is 11.1 Å². The minimum absolute atomic E-state index is 0.0444. The van der Waals surface area contributed by atoms with Crippen molar-refractivity contribution in [3.8, 4) is 17.8 Å². The minimum atomic E-state index is -0.474. The van der Waals surface area contributed by atoms with Crippen molar-refractivity contribution in [3.63, 3.8) is 0 Å². The number of benzene rings is 1. The summed E-state index contributed by atoms with van der Waals surface area (Å²) in [7, 11) is 0. The van der Waals surface area contributed by atoms with Crippen LogP contribution in [0.2, 0.25) is 5.02 Å². The van der Waals surface area contributed by atoms with Crippen LogP contribution in [0.15, 0.2) is 48.8 Å². The van der Waals surface area contributed by atoms with E-state index in [2.05, 4.69) is 10.1 Å². The summed E-state index contributed by atoms with van der Waals surface area (Å²) in [6, 6.07) is 11.3. The molecule has 0 atom stereocenters. The monoisotopic (exact) mass is 328 g/mol. The molecule has 0 aliphatic rings. The highest BCUT2D eigenvalue weighted by Crippen LogP contribution is 2.20. The van der Waals surface area contributed by atoms with E-state index in [9.17, 15) is 4.39 Å². The molecule has 0 spiro atoms. The van der Waals surface area contributed by atoms with E-state index in [0.717, 1.165) is 5.56 Å². The number of rotatable bonds is 4. The Morgan fingerprint density at radius 1 is 1.22 bits per heavy atom. The molecular formula is C16H10ClFN4O. The molecule has 0 aliphatic heterocycles. The first-order valence-electron chi connectivity index (χ1n) is 6.64. The van der Waals surface area contributed by atoms with Gasteiger partial charge in [-0.1, -0.05) is 17.7 Å². The van der Waals surface area contributed by atoms with E-state index in [1.807, 2.05) is 6.07 Å². The Balaban J connectivity index is 1.81. The van der Waals surface area contributed by atoms with Gasteiger partial charge in [-0.3, -0.25) is 0 Å². The van der Waals surface area contributed by atoms with Crippen molar-refractivity contribution >= 4 is 11.6 Å². The second-order valence-electron chi connectivity index (χ2n) is 4.63. The predicted octanol–water partition coefficient (Wildman–Crippen LogP) is 3.51. The molecule has 0 radical (unpaired) electrons. The lowest BCUT2D eigenvalue weighted by molar-refractivity contribution is 0.284. The van der Waals surface area contributed by atoms with Gasteiger partial charge >= 0.3 is 0 Å². The maximum absolute atomic E-state index is 13.1. The maximum Gasteiger partial charge on any atom is 0.218 e. The molecule has 0 fully saturated rings. The SMILES string of the molecule is N#Cc1ccnc(-n2nccc2OCc2ccc(F)c(Cl)c2)c1. The summed E-state index contributed by atoms with van der Waals surface area (Å²) >= 11 is 5.75. The fourth-order valence-electron chi connectivity index (χ4n) is 1.96. The van der Waals surface area contributed by atoms with Crippen molar-refractivity contribution in [3.05, 3.63) is 70.8 Å². The molecule has 5 nitrogen and oxygen atoms in total. The van der Waals surface area contributed by atoms with Gasteiger partial charge in [-0.15, -0.1) is 0 Å². The standard InChI is InChI=1S/C16H10ClFN4O/c17-13-7-12(1-2-14(13)18)10-23-16-4-6-21-22(16)15-8-11(9-19)3-5-20-15/h1-8H,10H2. The van der Waals surface area contributed by atoms with E-state index < -0.39 is 5.82 Å². The van der Waals surface area contributed by atoms with Crippen LogP contribution in [0, 0.1) is 17.1 Å². The van der Waals surface area contributed by atoms with Crippen LogP contribution in [0.25, 0.3) is 5.82 Å². The molecule has 23 heavy (non-hydrogen) atoms. The van der Waals surface area contributed by atoms with Gasteiger partial charge in [-0.2, -0.15) is 15.0 Å². The zero-order valence-corrected chi connectivity index (χ0v) is 12.5. The first kappa shape index (κ1) is 15.0. The zero-order chi connectivity index (χ0) is 16.2. The van der Waals surface area contributed by atoms with E-state index in [-0.39, 0.29) is 11.6 Å². The van der Waals surface area contributed by atoms with Gasteiger partial charge in [0.15, 0.2) is 5.82 Å². The molecule has 1 aromatic carbocycles. The van der Waals surface area contributed by atoms with Crippen LogP contribution in [0.3, 0.4) is 0 Å². The molecule has 0 amide bonds. The summed E-state index contributed by atoms with van der Waals surface area (Å²) in [4.78, 5) is 4.17. The van der Waals surface area contributed by atoms with Crippen molar-refractivity contribution in [2.45, 2.75) is 6.61 Å². The number of nitrogens with zero attached hydrogens (tertiary/aromatic N) is 4. The third-order valence-corrected chi connectivity index (χ3v) is 3.36. The second kappa shape index (κ2) is 6.46. The minimum Gasteiger partial charge on any atom is -0.473 e. The van der Waals surface area contributed by atoms with Crippen LogP contribution < -0.4 is 4.74 Å². The normalized spacial score (nSPS) is 10.3. The number of ether oxygens (including phenoxy) is 1. The second-order valence-corrected chi connectivity index (χ2v) is 5.04. The first-order chi connectivity index (χ1) is 11.2. The molecule has 0 unspecified atom stereocenters. The largest absolute Gasteiger partial charge is 0.473 e. The van der Waals surface area contributed by atoms with E-state index in [1.54, 1.807) is 30.5 Å². The average molecular weight is 329 g/mol. The first-order valence-corrected chi connectivity index (χ1v) is 7.02. The molecule has 0 aliphatic carbocycles. The van der Waals surface area contributed by atoms with Gasteiger partial charge in [-0.25, -0.2) is 9.37 Å². The quantitative estimate of drug-likeness (QED) is 0.735. The van der Waals surface area contributed by atoms with Crippen LogP contribution in [0.4, 0.5) is 4.39 Å². The van der Waals surface area contributed by atoms with Gasteiger partial charge in [0.25, 0.3) is 0 Å². The highest BCUT2D eigenvalue weighted by Gasteiger charge is 2.09. The van der Waals surface area contributed by atoms with Crippen molar-refractivity contribution in [2.24, 2.45) is 0 Å². The van der Waals surface area contributed by atoms with E-state index in [4.69, 9.17) is 21.6 Å². The number of nitriles is 1. The maximum atomic E-state index is 13.1. The summed E-state index contributed by atoms with van der Waals surface area (Å²) < 4.78 is 20.3. The fourth-order valence-corrected chi connectivity index (χ4v) is 2.17. The summed E-state index contributed by atoms with van der Waals surface area (Å²) in [6.07, 6.45) is 3.09. The van der Waals surface area contributed by atoms with Gasteiger partial charge in [0, 0.05) is 18.3 Å². The number of pyridine rings is 1. The van der Waals surface area contributed by atoms with E-state index in [1.165, 1.54) is 23.0 Å². The molecule has 114 valence electrons. The van der Waals surface area contributed by atoms with Crippen molar-refractivity contribution < 1.29 is 9.13 Å². The lowest BCUT2D eigenvalue weighted by atomic mass is 10.2. The van der Waals surface area contributed by atoms with Gasteiger partial charge < -0.3 is 4.74 Å². The van der Waals surface area contributed by atoms with Gasteiger partial charge in [0.2, 0.25) is 5.88 Å². The Bertz CT molecular complexity index is 888. The highest BCUT2D eigenvalue weighted by atomic mass is 35.5. The summed E-state index contributed by atoms with van der Waals surface area (Å²) in [5, 5.41) is 13.1. The molecule has 7 heteroatoms. The van der Waals surface area contributed by atoms with Gasteiger partial charge in [0.05, 0.1) is 22.9 Å². The topological polar surface area (TPSA) is 63.7 Å².